The Kier molecular flexibility index (Phi) is 5.85. The van der Waals surface area contributed by atoms with Crippen LogP contribution in [-0.2, 0) is 18.4 Å². The molecule has 150 valence electrons. The van der Waals surface area contributed by atoms with E-state index in [0.717, 1.165) is 37.1 Å². The molecule has 0 unspecified atom stereocenters. The van der Waals surface area contributed by atoms with E-state index in [1.165, 1.54) is 16.3 Å². The van der Waals surface area contributed by atoms with Crippen molar-refractivity contribution < 1.29 is 9.21 Å². The van der Waals surface area contributed by atoms with E-state index in [1.807, 2.05) is 35.2 Å². The van der Waals surface area contributed by atoms with Crippen LogP contribution in [0.15, 0.2) is 68.8 Å². The zero-order valence-corrected chi connectivity index (χ0v) is 17.2. The van der Waals surface area contributed by atoms with E-state index < -0.39 is 0 Å². The van der Waals surface area contributed by atoms with E-state index in [-0.39, 0.29) is 17.2 Å². The lowest BCUT2D eigenvalue weighted by Crippen LogP contribution is -2.32. The number of hydrogen-bond acceptors (Lipinski definition) is 5. The first kappa shape index (κ1) is 19.5. The molecule has 1 aromatic carbocycles. The lowest BCUT2D eigenvalue weighted by molar-refractivity contribution is -0.127. The molecule has 0 radical (unpaired) electrons. The number of nitrogens with zero attached hydrogens (tertiary/aromatic N) is 3. The molecule has 0 saturated heterocycles. The second-order valence-corrected chi connectivity index (χ2v) is 8.01. The molecule has 7 heteroatoms. The minimum Gasteiger partial charge on any atom is -0.467 e. The van der Waals surface area contributed by atoms with Crippen molar-refractivity contribution in [2.24, 2.45) is 7.05 Å². The van der Waals surface area contributed by atoms with Gasteiger partial charge in [-0.3, -0.25) is 14.2 Å². The normalized spacial score (nSPS) is 14.0. The fourth-order valence-electron chi connectivity index (χ4n) is 3.51. The number of furan rings is 1. The van der Waals surface area contributed by atoms with Crippen molar-refractivity contribution in [1.29, 1.82) is 0 Å². The van der Waals surface area contributed by atoms with Crippen molar-refractivity contribution in [3.05, 3.63) is 70.5 Å². The van der Waals surface area contributed by atoms with Crippen molar-refractivity contribution in [3.8, 4) is 0 Å². The maximum atomic E-state index is 13.1. The number of fused-ring (bicyclic) bond motifs is 1. The standard InChI is InChI=1S/C22H23N3O3S/c1-24-21(27)18-11-5-6-12-19(18)23-22(24)29-15-20(26)25(14-17-10-7-13-28-17)16-8-3-2-4-9-16/h5-8,10-13H,2-4,9,14-15H2,1H3. The maximum absolute atomic E-state index is 13.1. The Morgan fingerprint density at radius 1 is 1.24 bits per heavy atom. The summed E-state index contributed by atoms with van der Waals surface area (Å²) in [6, 6.07) is 11.0. The maximum Gasteiger partial charge on any atom is 0.261 e. The summed E-state index contributed by atoms with van der Waals surface area (Å²) in [6.07, 6.45) is 7.90. The average molecular weight is 410 g/mol. The van der Waals surface area contributed by atoms with E-state index in [4.69, 9.17) is 4.42 Å². The van der Waals surface area contributed by atoms with Crippen LogP contribution in [-0.4, -0.2) is 26.1 Å². The van der Waals surface area contributed by atoms with E-state index in [2.05, 4.69) is 11.1 Å². The fraction of sp³-hybridized carbons (Fsp3) is 0.318. The topological polar surface area (TPSA) is 68.3 Å². The molecule has 6 nitrogen and oxygen atoms in total. The van der Waals surface area contributed by atoms with Crippen LogP contribution >= 0.6 is 11.8 Å². The molecular formula is C22H23N3O3S. The summed E-state index contributed by atoms with van der Waals surface area (Å²) in [6.45, 7) is 0.419. The SMILES string of the molecule is Cn1c(SCC(=O)N(Cc2ccco2)C2=CCCCC2)nc2ccccc2c1=O. The van der Waals surface area contributed by atoms with Crippen LogP contribution in [0.4, 0.5) is 0 Å². The molecule has 2 heterocycles. The number of para-hydroxylation sites is 1. The number of carbonyl (C=O) groups excluding carboxylic acids is 1. The average Bonchev–Trinajstić information content (AvgIpc) is 3.27. The molecule has 0 aliphatic heterocycles. The minimum absolute atomic E-state index is 0.0121. The summed E-state index contributed by atoms with van der Waals surface area (Å²) in [7, 11) is 1.69. The van der Waals surface area contributed by atoms with E-state index in [1.54, 1.807) is 19.4 Å². The van der Waals surface area contributed by atoms with E-state index in [9.17, 15) is 9.59 Å². The molecule has 0 bridgehead atoms. The highest BCUT2D eigenvalue weighted by atomic mass is 32.2. The van der Waals surface area contributed by atoms with Crippen molar-refractivity contribution in [2.45, 2.75) is 37.4 Å². The Bertz CT molecular complexity index is 1100. The van der Waals surface area contributed by atoms with Gasteiger partial charge in [-0.15, -0.1) is 0 Å². The Hall–Kier alpha value is -2.80. The molecule has 0 spiro atoms. The molecule has 0 saturated carbocycles. The quantitative estimate of drug-likeness (QED) is 0.453. The number of aromatic nitrogens is 2. The molecule has 1 amide bonds. The van der Waals surface area contributed by atoms with Gasteiger partial charge >= 0.3 is 0 Å². The van der Waals surface area contributed by atoms with Gasteiger partial charge in [-0.2, -0.15) is 0 Å². The molecular weight excluding hydrogens is 386 g/mol. The van der Waals surface area contributed by atoms with Crippen molar-refractivity contribution in [2.75, 3.05) is 5.75 Å². The third kappa shape index (κ3) is 4.29. The smallest absolute Gasteiger partial charge is 0.261 e. The van der Waals surface area contributed by atoms with Gasteiger partial charge in [0.05, 0.1) is 29.5 Å². The van der Waals surface area contributed by atoms with Crippen LogP contribution in [0.5, 0.6) is 0 Å². The summed E-state index contributed by atoms with van der Waals surface area (Å²) in [4.78, 5) is 32.1. The molecule has 4 rings (SSSR count). The summed E-state index contributed by atoms with van der Waals surface area (Å²) < 4.78 is 6.98. The second kappa shape index (κ2) is 8.69. The van der Waals surface area contributed by atoms with Gasteiger partial charge in [-0.05, 0) is 49.9 Å². The first-order valence-electron chi connectivity index (χ1n) is 9.74. The highest BCUT2D eigenvalue weighted by molar-refractivity contribution is 7.99. The molecule has 2 aromatic heterocycles. The number of hydrogen-bond donors (Lipinski definition) is 0. The number of carbonyl (C=O) groups is 1. The van der Waals surface area contributed by atoms with Crippen molar-refractivity contribution in [3.63, 3.8) is 0 Å². The van der Waals surface area contributed by atoms with Gasteiger partial charge in [0.25, 0.3) is 5.56 Å². The lowest BCUT2D eigenvalue weighted by atomic mass is 10.0. The molecule has 1 aliphatic carbocycles. The van der Waals surface area contributed by atoms with Crippen LogP contribution in [0.1, 0.15) is 31.4 Å². The second-order valence-electron chi connectivity index (χ2n) is 7.06. The first-order valence-corrected chi connectivity index (χ1v) is 10.7. The highest BCUT2D eigenvalue weighted by Crippen LogP contribution is 2.25. The monoisotopic (exact) mass is 409 g/mol. The predicted octanol–water partition coefficient (Wildman–Crippen LogP) is 4.11. The van der Waals surface area contributed by atoms with Crippen LogP contribution in [0, 0.1) is 0 Å². The number of allylic oxidation sites excluding steroid dienone is 2. The Morgan fingerprint density at radius 2 is 2.10 bits per heavy atom. The largest absolute Gasteiger partial charge is 0.467 e. The molecule has 0 atom stereocenters. The van der Waals surface area contributed by atoms with E-state index >= 15 is 0 Å². The van der Waals surface area contributed by atoms with Gasteiger partial charge in [0.2, 0.25) is 5.91 Å². The zero-order chi connectivity index (χ0) is 20.2. The third-order valence-electron chi connectivity index (χ3n) is 5.08. The van der Waals surface area contributed by atoms with Gasteiger partial charge in [0.1, 0.15) is 5.76 Å². The van der Waals surface area contributed by atoms with Crippen molar-refractivity contribution >= 4 is 28.6 Å². The van der Waals surface area contributed by atoms with Gasteiger partial charge in [0, 0.05) is 12.7 Å². The number of amides is 1. The summed E-state index contributed by atoms with van der Waals surface area (Å²) >= 11 is 1.29. The van der Waals surface area contributed by atoms with Gasteiger partial charge < -0.3 is 9.32 Å². The lowest BCUT2D eigenvalue weighted by Gasteiger charge is -2.27. The first-order chi connectivity index (χ1) is 14.1. The Labute approximate surface area is 173 Å². The molecule has 1 aliphatic rings. The van der Waals surface area contributed by atoms with Crippen molar-refractivity contribution in [1.82, 2.24) is 14.5 Å². The molecule has 0 N–H and O–H groups in total. The predicted molar refractivity (Wildman–Crippen MR) is 114 cm³/mol. The summed E-state index contributed by atoms with van der Waals surface area (Å²) in [5.41, 5.74) is 1.60. The summed E-state index contributed by atoms with van der Waals surface area (Å²) in [5, 5.41) is 1.12. The minimum atomic E-state index is -0.104. The van der Waals surface area contributed by atoms with Gasteiger partial charge in [0.15, 0.2) is 5.16 Å². The molecule has 29 heavy (non-hydrogen) atoms. The summed E-state index contributed by atoms with van der Waals surface area (Å²) in [5.74, 6) is 0.949. The van der Waals surface area contributed by atoms with E-state index in [0.29, 0.717) is 22.6 Å². The van der Waals surface area contributed by atoms with Gasteiger partial charge in [-0.25, -0.2) is 4.98 Å². The number of thioether (sulfide) groups is 1. The highest BCUT2D eigenvalue weighted by Gasteiger charge is 2.22. The Morgan fingerprint density at radius 3 is 2.86 bits per heavy atom. The van der Waals surface area contributed by atoms with Crippen LogP contribution in [0.3, 0.4) is 0 Å². The number of benzene rings is 1. The fourth-order valence-corrected chi connectivity index (χ4v) is 4.35. The van der Waals surface area contributed by atoms with Crippen LogP contribution in [0.25, 0.3) is 10.9 Å². The molecule has 3 aromatic rings. The zero-order valence-electron chi connectivity index (χ0n) is 16.3. The van der Waals surface area contributed by atoms with Crippen LogP contribution < -0.4 is 5.56 Å². The number of rotatable bonds is 6. The van der Waals surface area contributed by atoms with Crippen LogP contribution in [0.2, 0.25) is 0 Å². The van der Waals surface area contributed by atoms with Gasteiger partial charge in [-0.1, -0.05) is 30.0 Å². The molecule has 0 fully saturated rings. The third-order valence-corrected chi connectivity index (χ3v) is 6.09. The Balaban J connectivity index is 1.55.